The molecule has 94 valence electrons. The molecule has 3 heteroatoms. The van der Waals surface area contributed by atoms with E-state index >= 15 is 0 Å². The summed E-state index contributed by atoms with van der Waals surface area (Å²) >= 11 is 9.42. The fourth-order valence-corrected chi connectivity index (χ4v) is 2.77. The van der Waals surface area contributed by atoms with Crippen molar-refractivity contribution in [2.24, 2.45) is 11.3 Å². The topological polar surface area (TPSA) is 12.0 Å². The fraction of sp³-hybridized carbons (Fsp3) is 0.571. The number of rotatable bonds is 5. The van der Waals surface area contributed by atoms with Crippen molar-refractivity contribution in [3.05, 3.63) is 33.3 Å². The molecule has 1 aliphatic carbocycles. The molecule has 0 unspecified atom stereocenters. The van der Waals surface area contributed by atoms with Crippen LogP contribution in [-0.2, 0) is 6.54 Å². The summed E-state index contributed by atoms with van der Waals surface area (Å²) in [7, 11) is 0. The van der Waals surface area contributed by atoms with Crippen LogP contribution in [0.3, 0.4) is 0 Å². The number of benzene rings is 1. The van der Waals surface area contributed by atoms with Crippen molar-refractivity contribution >= 4 is 27.5 Å². The summed E-state index contributed by atoms with van der Waals surface area (Å²) in [4.78, 5) is 0. The summed E-state index contributed by atoms with van der Waals surface area (Å²) in [5.41, 5.74) is 1.85. The van der Waals surface area contributed by atoms with Gasteiger partial charge in [-0.3, -0.25) is 0 Å². The van der Waals surface area contributed by atoms with E-state index in [0.717, 1.165) is 28.5 Å². The van der Waals surface area contributed by atoms with Crippen LogP contribution in [0.5, 0.6) is 0 Å². The fourth-order valence-electron chi connectivity index (χ4n) is 2.22. The normalized spacial score (nSPS) is 17.5. The Hall–Kier alpha value is -0.0500. The Morgan fingerprint density at radius 1 is 1.41 bits per heavy atom. The van der Waals surface area contributed by atoms with E-state index in [-0.39, 0.29) is 0 Å². The van der Waals surface area contributed by atoms with Crippen molar-refractivity contribution in [1.29, 1.82) is 0 Å². The van der Waals surface area contributed by atoms with Crippen molar-refractivity contribution in [3.8, 4) is 0 Å². The zero-order valence-electron chi connectivity index (χ0n) is 10.4. The highest BCUT2D eigenvalue weighted by Gasteiger charge is 2.44. The van der Waals surface area contributed by atoms with Crippen molar-refractivity contribution in [2.75, 3.05) is 6.54 Å². The van der Waals surface area contributed by atoms with Crippen molar-refractivity contribution in [3.63, 3.8) is 0 Å². The molecule has 0 atom stereocenters. The maximum Gasteiger partial charge on any atom is 0.0548 e. The Bertz CT molecular complexity index is 399. The minimum atomic E-state index is 0.573. The molecule has 1 aromatic rings. The van der Waals surface area contributed by atoms with Gasteiger partial charge in [-0.25, -0.2) is 0 Å². The lowest BCUT2D eigenvalue weighted by atomic mass is 9.92. The molecule has 0 bridgehead atoms. The van der Waals surface area contributed by atoms with Gasteiger partial charge < -0.3 is 5.32 Å². The summed E-state index contributed by atoms with van der Waals surface area (Å²) in [5, 5.41) is 4.34. The molecule has 1 N–H and O–H groups in total. The van der Waals surface area contributed by atoms with Crippen LogP contribution in [-0.4, -0.2) is 6.54 Å². The van der Waals surface area contributed by atoms with E-state index in [1.165, 1.54) is 18.4 Å². The highest BCUT2D eigenvalue weighted by molar-refractivity contribution is 9.10. The molecule has 0 heterocycles. The molecule has 0 amide bonds. The lowest BCUT2D eigenvalue weighted by molar-refractivity contribution is 0.338. The van der Waals surface area contributed by atoms with Gasteiger partial charge in [0.1, 0.15) is 0 Å². The molecule has 1 aromatic carbocycles. The minimum absolute atomic E-state index is 0.573. The third-order valence-corrected chi connectivity index (χ3v) is 5.12. The van der Waals surface area contributed by atoms with Crippen LogP contribution >= 0.6 is 27.5 Å². The summed E-state index contributed by atoms with van der Waals surface area (Å²) in [6, 6.07) is 6.11. The monoisotopic (exact) mass is 315 g/mol. The number of hydrogen-bond acceptors (Lipinski definition) is 1. The first-order valence-electron chi connectivity index (χ1n) is 6.18. The number of nitrogens with one attached hydrogen (secondary N) is 1. The van der Waals surface area contributed by atoms with Gasteiger partial charge in [-0.1, -0.05) is 31.5 Å². The highest BCUT2D eigenvalue weighted by Crippen LogP contribution is 2.51. The minimum Gasteiger partial charge on any atom is -0.312 e. The average molecular weight is 317 g/mol. The Labute approximate surface area is 117 Å². The van der Waals surface area contributed by atoms with E-state index in [4.69, 9.17) is 11.6 Å². The van der Waals surface area contributed by atoms with Crippen LogP contribution in [0.2, 0.25) is 5.02 Å². The molecule has 0 aliphatic heterocycles. The second-order valence-electron chi connectivity index (χ2n) is 5.37. The van der Waals surface area contributed by atoms with E-state index in [1.807, 2.05) is 6.07 Å². The van der Waals surface area contributed by atoms with E-state index < -0.39 is 0 Å². The van der Waals surface area contributed by atoms with Gasteiger partial charge in [0.25, 0.3) is 0 Å². The molecule has 1 nitrogen and oxygen atoms in total. The van der Waals surface area contributed by atoms with Gasteiger partial charge in [-0.15, -0.1) is 0 Å². The first-order chi connectivity index (χ1) is 8.03. The van der Waals surface area contributed by atoms with Crippen LogP contribution in [0, 0.1) is 11.3 Å². The lowest BCUT2D eigenvalue weighted by Gasteiger charge is -2.20. The zero-order chi connectivity index (χ0) is 12.5. The number of halogens is 2. The smallest absolute Gasteiger partial charge is 0.0548 e. The Balaban J connectivity index is 1.84. The summed E-state index contributed by atoms with van der Waals surface area (Å²) in [6.07, 6.45) is 2.75. The summed E-state index contributed by atoms with van der Waals surface area (Å²) < 4.78 is 0.975. The SMILES string of the molecule is CC(C)C1(CNCc2ccc(Cl)c(Br)c2)CC1. The quantitative estimate of drug-likeness (QED) is 0.835. The van der Waals surface area contributed by atoms with Gasteiger partial charge in [-0.2, -0.15) is 0 Å². The standard InChI is InChI=1S/C14H19BrClN/c1-10(2)14(5-6-14)9-17-8-11-3-4-13(16)12(15)7-11/h3-4,7,10,17H,5-6,8-9H2,1-2H3. The zero-order valence-corrected chi connectivity index (χ0v) is 12.7. The molecular formula is C14H19BrClN. The van der Waals surface area contributed by atoms with Crippen LogP contribution < -0.4 is 5.32 Å². The predicted molar refractivity (Wildman–Crippen MR) is 77.4 cm³/mol. The van der Waals surface area contributed by atoms with Crippen LogP contribution in [0.4, 0.5) is 0 Å². The van der Waals surface area contributed by atoms with Crippen molar-refractivity contribution < 1.29 is 0 Å². The van der Waals surface area contributed by atoms with Gasteiger partial charge in [0.15, 0.2) is 0 Å². The molecule has 2 rings (SSSR count). The molecule has 0 saturated heterocycles. The second kappa shape index (κ2) is 5.29. The largest absolute Gasteiger partial charge is 0.312 e. The summed E-state index contributed by atoms with van der Waals surface area (Å²) in [5.74, 6) is 0.784. The first kappa shape index (κ1) is 13.4. The predicted octanol–water partition coefficient (Wildman–Crippen LogP) is 4.63. The summed E-state index contributed by atoms with van der Waals surface area (Å²) in [6.45, 7) is 6.70. The maximum absolute atomic E-state index is 5.97. The third kappa shape index (κ3) is 3.24. The maximum atomic E-state index is 5.97. The van der Waals surface area contributed by atoms with Gasteiger partial charge in [0.2, 0.25) is 0 Å². The number of hydrogen-bond donors (Lipinski definition) is 1. The van der Waals surface area contributed by atoms with Gasteiger partial charge >= 0.3 is 0 Å². The molecular weight excluding hydrogens is 298 g/mol. The third-order valence-electron chi connectivity index (χ3n) is 3.91. The molecule has 1 fully saturated rings. The van der Waals surface area contributed by atoms with Crippen molar-refractivity contribution in [1.82, 2.24) is 5.32 Å². The molecule has 1 saturated carbocycles. The van der Waals surface area contributed by atoms with E-state index in [2.05, 4.69) is 47.2 Å². The highest BCUT2D eigenvalue weighted by atomic mass is 79.9. The lowest BCUT2D eigenvalue weighted by Crippen LogP contribution is -2.27. The van der Waals surface area contributed by atoms with E-state index in [0.29, 0.717) is 5.41 Å². The van der Waals surface area contributed by atoms with Gasteiger partial charge in [0.05, 0.1) is 5.02 Å². The van der Waals surface area contributed by atoms with Crippen LogP contribution in [0.1, 0.15) is 32.3 Å². The molecule has 1 aliphatic rings. The second-order valence-corrected chi connectivity index (χ2v) is 6.63. The van der Waals surface area contributed by atoms with E-state index in [9.17, 15) is 0 Å². The average Bonchev–Trinajstić information content (AvgIpc) is 3.04. The first-order valence-corrected chi connectivity index (χ1v) is 7.35. The molecule has 0 spiro atoms. The Morgan fingerprint density at radius 3 is 2.65 bits per heavy atom. The van der Waals surface area contributed by atoms with Crippen LogP contribution in [0.15, 0.2) is 22.7 Å². The van der Waals surface area contributed by atoms with E-state index in [1.54, 1.807) is 0 Å². The van der Waals surface area contributed by atoms with Crippen LogP contribution in [0.25, 0.3) is 0 Å². The molecule has 0 aromatic heterocycles. The van der Waals surface area contributed by atoms with Gasteiger partial charge in [-0.05, 0) is 57.8 Å². The Kier molecular flexibility index (Phi) is 4.17. The molecule has 0 radical (unpaired) electrons. The van der Waals surface area contributed by atoms with Gasteiger partial charge in [0, 0.05) is 17.6 Å². The Morgan fingerprint density at radius 2 is 2.12 bits per heavy atom. The van der Waals surface area contributed by atoms with Crippen molar-refractivity contribution in [2.45, 2.75) is 33.2 Å². The molecule has 17 heavy (non-hydrogen) atoms.